The zero-order chi connectivity index (χ0) is 10.5. The summed E-state index contributed by atoms with van der Waals surface area (Å²) in [6.07, 6.45) is 8.44. The number of hydrogen-bond acceptors (Lipinski definition) is 2. The minimum absolute atomic E-state index is 0.813. The number of piperidine rings is 1. The lowest BCUT2D eigenvalue weighted by atomic mass is 9.91. The fraction of sp³-hybridized carbons (Fsp3) is 1.00. The van der Waals surface area contributed by atoms with Gasteiger partial charge < -0.3 is 10.2 Å². The third-order valence-corrected chi connectivity index (χ3v) is 4.19. The van der Waals surface area contributed by atoms with E-state index >= 15 is 0 Å². The topological polar surface area (TPSA) is 15.3 Å². The van der Waals surface area contributed by atoms with Crippen LogP contribution < -0.4 is 5.32 Å². The molecular weight excluding hydrogens is 184 g/mol. The van der Waals surface area contributed by atoms with E-state index in [1.54, 1.807) is 0 Å². The molecule has 0 spiro atoms. The molecule has 2 nitrogen and oxygen atoms in total. The first-order valence-corrected chi connectivity index (χ1v) is 6.84. The van der Waals surface area contributed by atoms with Gasteiger partial charge in [-0.1, -0.05) is 13.3 Å². The summed E-state index contributed by atoms with van der Waals surface area (Å²) < 4.78 is 0. The van der Waals surface area contributed by atoms with Crippen molar-refractivity contribution in [3.05, 3.63) is 0 Å². The Bertz CT molecular complexity index is 167. The monoisotopic (exact) mass is 210 g/mol. The van der Waals surface area contributed by atoms with Gasteiger partial charge in [-0.3, -0.25) is 0 Å². The summed E-state index contributed by atoms with van der Waals surface area (Å²) in [5.74, 6) is 0.952. The SMILES string of the molecule is CC[C@H]1CC[C@H](CCN2CCCC2)NC1. The summed E-state index contributed by atoms with van der Waals surface area (Å²) >= 11 is 0. The molecular formula is C13H26N2. The first kappa shape index (κ1) is 11.4. The molecule has 0 radical (unpaired) electrons. The predicted molar refractivity (Wildman–Crippen MR) is 65.1 cm³/mol. The first-order chi connectivity index (χ1) is 7.38. The Morgan fingerprint density at radius 2 is 2.00 bits per heavy atom. The highest BCUT2D eigenvalue weighted by Crippen LogP contribution is 2.19. The lowest BCUT2D eigenvalue weighted by Gasteiger charge is -2.30. The summed E-state index contributed by atoms with van der Waals surface area (Å²) in [5, 5.41) is 3.72. The van der Waals surface area contributed by atoms with E-state index in [4.69, 9.17) is 0 Å². The Labute approximate surface area is 94.4 Å². The predicted octanol–water partition coefficient (Wildman–Crippen LogP) is 2.25. The van der Waals surface area contributed by atoms with E-state index in [9.17, 15) is 0 Å². The van der Waals surface area contributed by atoms with Crippen LogP contribution in [0.3, 0.4) is 0 Å². The Kier molecular flexibility index (Phi) is 4.45. The molecule has 2 fully saturated rings. The number of rotatable bonds is 4. The standard InChI is InChI=1S/C13H26N2/c1-2-12-5-6-13(14-11-12)7-10-15-8-3-4-9-15/h12-14H,2-11H2,1H3/t12-,13+/m0/s1. The van der Waals surface area contributed by atoms with Crippen LogP contribution in [0.1, 0.15) is 45.4 Å². The van der Waals surface area contributed by atoms with Crippen molar-refractivity contribution in [1.82, 2.24) is 10.2 Å². The average molecular weight is 210 g/mol. The first-order valence-electron chi connectivity index (χ1n) is 6.84. The van der Waals surface area contributed by atoms with Gasteiger partial charge in [0, 0.05) is 6.04 Å². The number of nitrogens with one attached hydrogen (secondary N) is 1. The normalized spacial score (nSPS) is 33.4. The maximum absolute atomic E-state index is 3.72. The second kappa shape index (κ2) is 5.86. The molecule has 2 aliphatic rings. The summed E-state index contributed by atoms with van der Waals surface area (Å²) in [6.45, 7) is 7.61. The lowest BCUT2D eigenvalue weighted by Crippen LogP contribution is -2.40. The summed E-state index contributed by atoms with van der Waals surface area (Å²) in [7, 11) is 0. The molecule has 0 aromatic heterocycles. The molecule has 2 aliphatic heterocycles. The van der Waals surface area contributed by atoms with E-state index in [0.717, 1.165) is 12.0 Å². The molecule has 1 N–H and O–H groups in total. The minimum Gasteiger partial charge on any atom is -0.314 e. The summed E-state index contributed by atoms with van der Waals surface area (Å²) in [5.41, 5.74) is 0. The molecule has 0 amide bonds. The Balaban J connectivity index is 1.59. The van der Waals surface area contributed by atoms with Gasteiger partial charge in [0.05, 0.1) is 0 Å². The highest BCUT2D eigenvalue weighted by atomic mass is 15.1. The third kappa shape index (κ3) is 3.46. The van der Waals surface area contributed by atoms with Gasteiger partial charge in [-0.2, -0.15) is 0 Å². The van der Waals surface area contributed by atoms with Crippen LogP contribution in [0.25, 0.3) is 0 Å². The van der Waals surface area contributed by atoms with Crippen molar-refractivity contribution in [2.24, 2.45) is 5.92 Å². The van der Waals surface area contributed by atoms with Gasteiger partial charge in [-0.25, -0.2) is 0 Å². The fourth-order valence-electron chi connectivity index (χ4n) is 2.91. The molecule has 0 unspecified atom stereocenters. The van der Waals surface area contributed by atoms with E-state index < -0.39 is 0 Å². The van der Waals surface area contributed by atoms with Crippen molar-refractivity contribution in [3.63, 3.8) is 0 Å². The molecule has 0 aromatic carbocycles. The molecule has 2 heteroatoms. The van der Waals surface area contributed by atoms with E-state index in [0.29, 0.717) is 0 Å². The van der Waals surface area contributed by atoms with Crippen LogP contribution in [-0.4, -0.2) is 37.1 Å². The van der Waals surface area contributed by atoms with Gasteiger partial charge in [-0.15, -0.1) is 0 Å². The smallest absolute Gasteiger partial charge is 0.00794 e. The Morgan fingerprint density at radius 1 is 1.20 bits per heavy atom. The average Bonchev–Trinajstić information content (AvgIpc) is 2.80. The summed E-state index contributed by atoms with van der Waals surface area (Å²) in [4.78, 5) is 2.63. The molecule has 2 saturated heterocycles. The number of hydrogen-bond donors (Lipinski definition) is 1. The second-order valence-corrected chi connectivity index (χ2v) is 5.29. The Hall–Kier alpha value is -0.0800. The maximum Gasteiger partial charge on any atom is 0.00794 e. The summed E-state index contributed by atoms with van der Waals surface area (Å²) in [6, 6.07) is 0.813. The molecule has 2 atom stereocenters. The quantitative estimate of drug-likeness (QED) is 0.765. The molecule has 0 saturated carbocycles. The fourth-order valence-corrected chi connectivity index (χ4v) is 2.91. The van der Waals surface area contributed by atoms with Crippen molar-refractivity contribution >= 4 is 0 Å². The van der Waals surface area contributed by atoms with E-state index in [1.165, 1.54) is 64.7 Å². The molecule has 2 heterocycles. The molecule has 0 aliphatic carbocycles. The van der Waals surface area contributed by atoms with Crippen LogP contribution in [0.5, 0.6) is 0 Å². The largest absolute Gasteiger partial charge is 0.314 e. The van der Waals surface area contributed by atoms with Gasteiger partial charge in [0.1, 0.15) is 0 Å². The zero-order valence-electron chi connectivity index (χ0n) is 10.2. The van der Waals surface area contributed by atoms with E-state index in [-0.39, 0.29) is 0 Å². The highest BCUT2D eigenvalue weighted by molar-refractivity contribution is 4.79. The van der Waals surface area contributed by atoms with Crippen molar-refractivity contribution < 1.29 is 0 Å². The molecule has 2 rings (SSSR count). The van der Waals surface area contributed by atoms with E-state index in [1.807, 2.05) is 0 Å². The van der Waals surface area contributed by atoms with Crippen LogP contribution in [0.15, 0.2) is 0 Å². The maximum atomic E-state index is 3.72. The van der Waals surface area contributed by atoms with Crippen LogP contribution in [0, 0.1) is 5.92 Å². The van der Waals surface area contributed by atoms with Gasteiger partial charge in [-0.05, 0) is 64.2 Å². The molecule has 88 valence electrons. The zero-order valence-corrected chi connectivity index (χ0v) is 10.2. The van der Waals surface area contributed by atoms with Crippen LogP contribution >= 0.6 is 0 Å². The van der Waals surface area contributed by atoms with Gasteiger partial charge in [0.15, 0.2) is 0 Å². The molecule has 0 aromatic rings. The lowest BCUT2D eigenvalue weighted by molar-refractivity contribution is 0.257. The number of likely N-dealkylation sites (tertiary alicyclic amines) is 1. The second-order valence-electron chi connectivity index (χ2n) is 5.29. The van der Waals surface area contributed by atoms with Gasteiger partial charge in [0.2, 0.25) is 0 Å². The van der Waals surface area contributed by atoms with Crippen molar-refractivity contribution in [2.75, 3.05) is 26.2 Å². The molecule has 0 bridgehead atoms. The highest BCUT2D eigenvalue weighted by Gasteiger charge is 2.20. The van der Waals surface area contributed by atoms with Gasteiger partial charge >= 0.3 is 0 Å². The third-order valence-electron chi connectivity index (χ3n) is 4.19. The van der Waals surface area contributed by atoms with Crippen LogP contribution in [0.2, 0.25) is 0 Å². The van der Waals surface area contributed by atoms with E-state index in [2.05, 4.69) is 17.1 Å². The van der Waals surface area contributed by atoms with Crippen LogP contribution in [0.4, 0.5) is 0 Å². The van der Waals surface area contributed by atoms with Crippen molar-refractivity contribution in [1.29, 1.82) is 0 Å². The van der Waals surface area contributed by atoms with Gasteiger partial charge in [0.25, 0.3) is 0 Å². The van der Waals surface area contributed by atoms with Crippen LogP contribution in [-0.2, 0) is 0 Å². The van der Waals surface area contributed by atoms with Crippen molar-refractivity contribution in [3.8, 4) is 0 Å². The Morgan fingerprint density at radius 3 is 2.60 bits per heavy atom. The number of nitrogens with zero attached hydrogens (tertiary/aromatic N) is 1. The van der Waals surface area contributed by atoms with Crippen molar-refractivity contribution in [2.45, 2.75) is 51.5 Å². The molecule has 15 heavy (non-hydrogen) atoms. The minimum atomic E-state index is 0.813.